The van der Waals surface area contributed by atoms with Gasteiger partial charge >= 0.3 is 0 Å². The fraction of sp³-hybridized carbons (Fsp3) is 0.629. The monoisotopic (exact) mass is 636 g/mol. The van der Waals surface area contributed by atoms with Crippen molar-refractivity contribution in [1.29, 1.82) is 0 Å². The summed E-state index contributed by atoms with van der Waals surface area (Å²) in [5.41, 5.74) is 0. The van der Waals surface area contributed by atoms with Gasteiger partial charge in [-0.25, -0.2) is 0 Å². The molecule has 0 aromatic rings. The number of rotatable bonds is 27. The first kappa shape index (κ1) is 41.9. The molecule has 0 saturated carbocycles. The number of amides is 1. The normalized spacial score (nSPS) is 15.9. The predicted molar refractivity (Wildman–Crippen MR) is 182 cm³/mol. The van der Waals surface area contributed by atoms with Crippen LogP contribution in [0.3, 0.4) is 0 Å². The maximum Gasteiger partial charge on any atom is 0.268 e. The van der Waals surface area contributed by atoms with Crippen molar-refractivity contribution in [1.82, 2.24) is 5.32 Å². The number of hydrogen-bond donors (Lipinski definition) is 2. The van der Waals surface area contributed by atoms with Gasteiger partial charge in [0.2, 0.25) is 5.91 Å². The lowest BCUT2D eigenvalue weighted by Crippen LogP contribution is -2.45. The van der Waals surface area contributed by atoms with Crippen LogP contribution in [-0.2, 0) is 18.4 Å². The van der Waals surface area contributed by atoms with Gasteiger partial charge < -0.3 is 28.8 Å². The van der Waals surface area contributed by atoms with E-state index in [4.69, 9.17) is 9.05 Å². The third-order valence-corrected chi connectivity index (χ3v) is 7.44. The number of nitrogens with zero attached hydrogens (tertiary/aromatic N) is 1. The molecule has 252 valence electrons. The average molecular weight is 637 g/mol. The Kier molecular flexibility index (Phi) is 26.0. The molecule has 3 unspecified atom stereocenters. The summed E-state index contributed by atoms with van der Waals surface area (Å²) in [4.78, 5) is 25.0. The Morgan fingerprint density at radius 3 is 2.07 bits per heavy atom. The van der Waals surface area contributed by atoms with E-state index in [1.165, 1.54) is 0 Å². The number of unbranched alkanes of at least 4 members (excludes halogenated alkanes) is 5. The molecule has 0 aromatic heterocycles. The van der Waals surface area contributed by atoms with Gasteiger partial charge in [0, 0.05) is 6.42 Å². The summed E-state index contributed by atoms with van der Waals surface area (Å²) in [6, 6.07) is -0.923. The highest BCUT2D eigenvalue weighted by molar-refractivity contribution is 7.45. The van der Waals surface area contributed by atoms with Gasteiger partial charge in [-0.2, -0.15) is 0 Å². The molecule has 0 aliphatic rings. The molecule has 8 nitrogen and oxygen atoms in total. The lowest BCUT2D eigenvalue weighted by Gasteiger charge is -2.29. The first-order valence-electron chi connectivity index (χ1n) is 16.3. The molecule has 3 atom stereocenters. The second-order valence-electron chi connectivity index (χ2n) is 11.8. The zero-order chi connectivity index (χ0) is 32.9. The lowest BCUT2D eigenvalue weighted by atomic mass is 10.1. The molecule has 9 heteroatoms. The number of aliphatic hydroxyl groups excluding tert-OH is 1. The van der Waals surface area contributed by atoms with Crippen molar-refractivity contribution in [2.45, 2.75) is 103 Å². The number of carbonyl (C=O) groups is 1. The minimum absolute atomic E-state index is 0.0193. The highest BCUT2D eigenvalue weighted by Gasteiger charge is 2.23. The van der Waals surface area contributed by atoms with E-state index < -0.39 is 26.6 Å². The Morgan fingerprint density at radius 2 is 1.43 bits per heavy atom. The van der Waals surface area contributed by atoms with E-state index in [9.17, 15) is 19.4 Å². The number of phosphoric acid groups is 1. The zero-order valence-corrected chi connectivity index (χ0v) is 29.0. The highest BCUT2D eigenvalue weighted by Crippen LogP contribution is 2.38. The Labute approximate surface area is 268 Å². The lowest BCUT2D eigenvalue weighted by molar-refractivity contribution is -0.870. The number of allylic oxidation sites excluding steroid dienone is 11. The summed E-state index contributed by atoms with van der Waals surface area (Å²) < 4.78 is 22.9. The number of quaternary nitrogens is 1. The van der Waals surface area contributed by atoms with Crippen LogP contribution in [-0.4, -0.2) is 68.5 Å². The molecule has 0 heterocycles. The van der Waals surface area contributed by atoms with Crippen molar-refractivity contribution in [3.63, 3.8) is 0 Å². The Morgan fingerprint density at radius 1 is 0.841 bits per heavy atom. The van der Waals surface area contributed by atoms with E-state index in [-0.39, 0.29) is 18.9 Å². The quantitative estimate of drug-likeness (QED) is 0.0431. The first-order valence-corrected chi connectivity index (χ1v) is 17.7. The fourth-order valence-electron chi connectivity index (χ4n) is 3.85. The molecule has 0 aromatic carbocycles. The summed E-state index contributed by atoms with van der Waals surface area (Å²) in [5.74, 6) is -0.250. The smallest absolute Gasteiger partial charge is 0.268 e. The van der Waals surface area contributed by atoms with Gasteiger partial charge in [0.1, 0.15) is 13.2 Å². The van der Waals surface area contributed by atoms with Gasteiger partial charge in [-0.05, 0) is 71.1 Å². The van der Waals surface area contributed by atoms with Gasteiger partial charge in [-0.1, -0.05) is 86.3 Å². The molecule has 0 radical (unpaired) electrons. The topological polar surface area (TPSA) is 108 Å². The van der Waals surface area contributed by atoms with Gasteiger partial charge in [0.05, 0.1) is 39.9 Å². The van der Waals surface area contributed by atoms with Crippen molar-refractivity contribution in [3.05, 3.63) is 72.9 Å². The maximum absolute atomic E-state index is 12.7. The standard InChI is InChI=1S/C35H61N2O6P/c1-6-8-10-12-14-16-17-18-19-21-23-25-27-29-35(39)36-33(32-43-44(40,41)42-31-30-37(3,4)5)34(38)28-26-24-22-20-15-13-11-9-7-2/h7-10,14-16,18-20,26,28,33-34,38H,6,11-13,17,21-25,27,29-32H2,1-5H3,(H-,36,39,40,41)/b9-7+,10-8-,16-14-,19-18-,20-15+,28-26+. The summed E-state index contributed by atoms with van der Waals surface area (Å²) in [6.45, 7) is 4.18. The van der Waals surface area contributed by atoms with E-state index >= 15 is 0 Å². The van der Waals surface area contributed by atoms with E-state index in [0.29, 0.717) is 23.9 Å². The molecule has 0 saturated heterocycles. The van der Waals surface area contributed by atoms with Crippen molar-refractivity contribution in [2.24, 2.45) is 0 Å². The van der Waals surface area contributed by atoms with Gasteiger partial charge in [-0.15, -0.1) is 0 Å². The van der Waals surface area contributed by atoms with Crippen molar-refractivity contribution < 1.29 is 32.9 Å². The number of phosphoric ester groups is 1. The minimum Gasteiger partial charge on any atom is -0.756 e. The van der Waals surface area contributed by atoms with Crippen molar-refractivity contribution in [2.75, 3.05) is 40.9 Å². The molecule has 0 spiro atoms. The Hall–Kier alpha value is -2.06. The van der Waals surface area contributed by atoms with Gasteiger partial charge in [0.15, 0.2) is 0 Å². The molecule has 1 amide bonds. The summed E-state index contributed by atoms with van der Waals surface area (Å²) in [6.07, 6.45) is 34.0. The Bertz CT molecular complexity index is 949. The van der Waals surface area contributed by atoms with Crippen LogP contribution >= 0.6 is 7.82 Å². The molecule has 0 aliphatic carbocycles. The first-order chi connectivity index (χ1) is 21.0. The molecular formula is C35H61N2O6P. The third kappa shape index (κ3) is 28.7. The van der Waals surface area contributed by atoms with Gasteiger partial charge in [-0.3, -0.25) is 9.36 Å². The number of likely N-dealkylation sites (N-methyl/N-ethyl adjacent to an activating group) is 1. The van der Waals surface area contributed by atoms with E-state index in [1.54, 1.807) is 6.08 Å². The summed E-state index contributed by atoms with van der Waals surface area (Å²) >= 11 is 0. The maximum atomic E-state index is 12.7. The molecule has 2 N–H and O–H groups in total. The number of carbonyl (C=O) groups excluding carboxylic acids is 1. The second kappa shape index (κ2) is 27.3. The fourth-order valence-corrected chi connectivity index (χ4v) is 4.57. The van der Waals surface area contributed by atoms with Crippen LogP contribution in [0.15, 0.2) is 72.9 Å². The van der Waals surface area contributed by atoms with Crippen LogP contribution in [0.4, 0.5) is 0 Å². The van der Waals surface area contributed by atoms with E-state index in [2.05, 4.69) is 66.9 Å². The van der Waals surface area contributed by atoms with Crippen LogP contribution < -0.4 is 10.2 Å². The number of nitrogens with one attached hydrogen (secondary N) is 1. The highest BCUT2D eigenvalue weighted by atomic mass is 31.2. The van der Waals surface area contributed by atoms with Crippen LogP contribution in [0.5, 0.6) is 0 Å². The zero-order valence-electron chi connectivity index (χ0n) is 28.1. The molecule has 44 heavy (non-hydrogen) atoms. The van der Waals surface area contributed by atoms with Crippen LogP contribution in [0.2, 0.25) is 0 Å². The van der Waals surface area contributed by atoms with Gasteiger partial charge in [0.25, 0.3) is 7.82 Å². The molecule has 0 aliphatic heterocycles. The molecule has 0 fully saturated rings. The minimum atomic E-state index is -4.59. The summed E-state index contributed by atoms with van der Waals surface area (Å²) in [5, 5.41) is 13.5. The van der Waals surface area contributed by atoms with Crippen LogP contribution in [0, 0.1) is 0 Å². The SMILES string of the molecule is C/C=C/CC/C=C/CC/C=C/C(O)C(COP(=O)([O-])OCC[N+](C)(C)C)NC(=O)CCCCC/C=C\C/C=C\C/C=C\CC. The number of hydrogen-bond acceptors (Lipinski definition) is 6. The largest absolute Gasteiger partial charge is 0.756 e. The Balaban J connectivity index is 4.73. The average Bonchev–Trinajstić information content (AvgIpc) is 2.95. The van der Waals surface area contributed by atoms with Crippen LogP contribution in [0.1, 0.15) is 90.9 Å². The number of aliphatic hydroxyl groups is 1. The van der Waals surface area contributed by atoms with Crippen molar-refractivity contribution in [3.8, 4) is 0 Å². The molecule has 0 rings (SSSR count). The predicted octanol–water partition coefficient (Wildman–Crippen LogP) is 7.10. The van der Waals surface area contributed by atoms with Crippen molar-refractivity contribution >= 4 is 13.7 Å². The van der Waals surface area contributed by atoms with E-state index in [1.807, 2.05) is 40.2 Å². The summed E-state index contributed by atoms with van der Waals surface area (Å²) in [7, 11) is 1.19. The molecular weight excluding hydrogens is 575 g/mol. The van der Waals surface area contributed by atoms with E-state index in [0.717, 1.165) is 57.8 Å². The third-order valence-electron chi connectivity index (χ3n) is 6.47. The van der Waals surface area contributed by atoms with Crippen LogP contribution in [0.25, 0.3) is 0 Å². The molecule has 0 bridgehead atoms. The second-order valence-corrected chi connectivity index (χ2v) is 13.2.